The highest BCUT2D eigenvalue weighted by Crippen LogP contribution is 2.23. The van der Waals surface area contributed by atoms with Crippen LogP contribution in [0, 0.1) is 0 Å². The molecule has 1 unspecified atom stereocenters. The molecule has 1 heterocycles. The summed E-state index contributed by atoms with van der Waals surface area (Å²) in [7, 11) is 0. The predicted molar refractivity (Wildman–Crippen MR) is 79.9 cm³/mol. The molecule has 1 atom stereocenters. The van der Waals surface area contributed by atoms with E-state index in [9.17, 15) is 0 Å². The van der Waals surface area contributed by atoms with Crippen LogP contribution < -0.4 is 5.73 Å². The van der Waals surface area contributed by atoms with Crippen molar-refractivity contribution in [2.45, 2.75) is 6.04 Å². The Labute approximate surface area is 118 Å². The minimum absolute atomic E-state index is 0.171. The molecule has 0 aliphatic rings. The number of hydrogen-bond acceptors (Lipinski definition) is 3. The maximum Gasteiger partial charge on any atom is 0.0568 e. The van der Waals surface area contributed by atoms with Gasteiger partial charge in [-0.1, -0.05) is 54.6 Å². The van der Waals surface area contributed by atoms with Crippen molar-refractivity contribution in [3.05, 3.63) is 84.2 Å². The van der Waals surface area contributed by atoms with Crippen molar-refractivity contribution >= 4 is 0 Å². The molecule has 2 N–H and O–H groups in total. The van der Waals surface area contributed by atoms with Crippen LogP contribution >= 0.6 is 0 Å². The summed E-state index contributed by atoms with van der Waals surface area (Å²) in [4.78, 5) is 0. The zero-order chi connectivity index (χ0) is 13.8. The first-order valence-electron chi connectivity index (χ1n) is 6.52. The molecule has 0 bridgehead atoms. The topological polar surface area (TPSA) is 51.8 Å². The van der Waals surface area contributed by atoms with Gasteiger partial charge >= 0.3 is 0 Å². The molecular formula is C17H15N3. The molecule has 0 aliphatic carbocycles. The zero-order valence-electron chi connectivity index (χ0n) is 11.0. The van der Waals surface area contributed by atoms with E-state index in [2.05, 4.69) is 46.6 Å². The quantitative estimate of drug-likeness (QED) is 0.787. The lowest BCUT2D eigenvalue weighted by Gasteiger charge is -2.12. The molecule has 3 heteroatoms. The fourth-order valence-corrected chi connectivity index (χ4v) is 2.19. The van der Waals surface area contributed by atoms with Gasteiger partial charge in [0, 0.05) is 6.20 Å². The monoisotopic (exact) mass is 261 g/mol. The van der Waals surface area contributed by atoms with Crippen LogP contribution in [0.4, 0.5) is 0 Å². The molecule has 1 aromatic heterocycles. The van der Waals surface area contributed by atoms with Gasteiger partial charge < -0.3 is 5.73 Å². The molecule has 20 heavy (non-hydrogen) atoms. The van der Waals surface area contributed by atoms with Crippen LogP contribution in [-0.4, -0.2) is 10.2 Å². The Morgan fingerprint density at radius 2 is 1.40 bits per heavy atom. The SMILES string of the molecule is NC(c1ccc(-c2ccccc2)cc1)c1ccnnc1. The molecule has 3 rings (SSSR count). The van der Waals surface area contributed by atoms with Crippen molar-refractivity contribution in [3.63, 3.8) is 0 Å². The van der Waals surface area contributed by atoms with Gasteiger partial charge in [-0.2, -0.15) is 10.2 Å². The average Bonchev–Trinajstić information content (AvgIpc) is 2.56. The van der Waals surface area contributed by atoms with Crippen LogP contribution in [0.15, 0.2) is 73.1 Å². The second-order valence-corrected chi connectivity index (χ2v) is 4.64. The predicted octanol–water partition coefficient (Wildman–Crippen LogP) is 3.19. The smallest absolute Gasteiger partial charge is 0.0568 e. The molecule has 0 saturated heterocycles. The number of nitrogens with two attached hydrogens (primary N) is 1. The Balaban J connectivity index is 1.87. The fraction of sp³-hybridized carbons (Fsp3) is 0.0588. The van der Waals surface area contributed by atoms with Crippen molar-refractivity contribution in [2.75, 3.05) is 0 Å². The van der Waals surface area contributed by atoms with Gasteiger partial charge in [-0.15, -0.1) is 0 Å². The van der Waals surface area contributed by atoms with Gasteiger partial charge in [-0.3, -0.25) is 0 Å². The summed E-state index contributed by atoms with van der Waals surface area (Å²) in [6.45, 7) is 0. The minimum Gasteiger partial charge on any atom is -0.320 e. The first kappa shape index (κ1) is 12.5. The lowest BCUT2D eigenvalue weighted by Crippen LogP contribution is -2.12. The zero-order valence-corrected chi connectivity index (χ0v) is 11.0. The van der Waals surface area contributed by atoms with E-state index in [0.29, 0.717) is 0 Å². The van der Waals surface area contributed by atoms with E-state index in [0.717, 1.165) is 11.1 Å². The Hall–Kier alpha value is -2.52. The first-order chi connectivity index (χ1) is 9.84. The molecule has 3 aromatic rings. The number of benzene rings is 2. The van der Waals surface area contributed by atoms with Gasteiger partial charge in [0.15, 0.2) is 0 Å². The molecule has 0 spiro atoms. The molecule has 2 aromatic carbocycles. The third kappa shape index (κ3) is 2.58. The highest BCUT2D eigenvalue weighted by Gasteiger charge is 2.09. The summed E-state index contributed by atoms with van der Waals surface area (Å²) in [6, 6.07) is 20.3. The summed E-state index contributed by atoms with van der Waals surface area (Å²) >= 11 is 0. The van der Waals surface area contributed by atoms with E-state index >= 15 is 0 Å². The van der Waals surface area contributed by atoms with Crippen LogP contribution in [0.2, 0.25) is 0 Å². The molecule has 98 valence electrons. The molecule has 0 fully saturated rings. The lowest BCUT2D eigenvalue weighted by atomic mass is 9.98. The van der Waals surface area contributed by atoms with Gasteiger partial charge in [-0.05, 0) is 28.3 Å². The van der Waals surface area contributed by atoms with Gasteiger partial charge in [0.1, 0.15) is 0 Å². The number of nitrogens with zero attached hydrogens (tertiary/aromatic N) is 2. The molecular weight excluding hydrogens is 246 g/mol. The van der Waals surface area contributed by atoms with Crippen molar-refractivity contribution in [2.24, 2.45) is 5.73 Å². The molecule has 0 saturated carbocycles. The fourth-order valence-electron chi connectivity index (χ4n) is 2.19. The van der Waals surface area contributed by atoms with Crippen molar-refractivity contribution in [1.82, 2.24) is 10.2 Å². The van der Waals surface area contributed by atoms with Crippen LogP contribution in [0.5, 0.6) is 0 Å². The maximum absolute atomic E-state index is 6.24. The first-order valence-corrected chi connectivity index (χ1v) is 6.52. The van der Waals surface area contributed by atoms with E-state index in [1.54, 1.807) is 12.4 Å². The minimum atomic E-state index is -0.171. The van der Waals surface area contributed by atoms with E-state index in [1.807, 2.05) is 24.3 Å². The summed E-state index contributed by atoms with van der Waals surface area (Å²) < 4.78 is 0. The van der Waals surface area contributed by atoms with Crippen molar-refractivity contribution in [3.8, 4) is 11.1 Å². The Kier molecular flexibility index (Phi) is 3.52. The largest absolute Gasteiger partial charge is 0.320 e. The maximum atomic E-state index is 6.24. The van der Waals surface area contributed by atoms with E-state index in [-0.39, 0.29) is 6.04 Å². The molecule has 0 amide bonds. The van der Waals surface area contributed by atoms with Gasteiger partial charge in [0.2, 0.25) is 0 Å². The second kappa shape index (κ2) is 5.63. The summed E-state index contributed by atoms with van der Waals surface area (Å²) in [5.74, 6) is 0. The third-order valence-electron chi connectivity index (χ3n) is 3.34. The Morgan fingerprint density at radius 1 is 0.700 bits per heavy atom. The highest BCUT2D eigenvalue weighted by molar-refractivity contribution is 5.63. The van der Waals surface area contributed by atoms with E-state index in [1.165, 1.54) is 11.1 Å². The summed E-state index contributed by atoms with van der Waals surface area (Å²) in [5.41, 5.74) is 10.7. The van der Waals surface area contributed by atoms with Gasteiger partial charge in [0.05, 0.1) is 12.2 Å². The standard InChI is InChI=1S/C17H15N3/c18-17(16-10-11-19-20-12-16)15-8-6-14(7-9-15)13-4-2-1-3-5-13/h1-12,17H,18H2. The Bertz CT molecular complexity index is 664. The van der Waals surface area contributed by atoms with Crippen LogP contribution in [0.3, 0.4) is 0 Å². The number of aromatic nitrogens is 2. The highest BCUT2D eigenvalue weighted by atomic mass is 15.1. The van der Waals surface area contributed by atoms with Gasteiger partial charge in [0.25, 0.3) is 0 Å². The lowest BCUT2D eigenvalue weighted by molar-refractivity contribution is 0.846. The summed E-state index contributed by atoms with van der Waals surface area (Å²) in [5, 5.41) is 7.64. The molecule has 0 radical (unpaired) electrons. The number of hydrogen-bond donors (Lipinski definition) is 1. The molecule has 3 nitrogen and oxygen atoms in total. The third-order valence-corrected chi connectivity index (χ3v) is 3.34. The summed E-state index contributed by atoms with van der Waals surface area (Å²) in [6.07, 6.45) is 3.36. The average molecular weight is 261 g/mol. The normalized spacial score (nSPS) is 12.1. The number of rotatable bonds is 3. The van der Waals surface area contributed by atoms with Crippen molar-refractivity contribution < 1.29 is 0 Å². The van der Waals surface area contributed by atoms with E-state index in [4.69, 9.17) is 5.73 Å². The van der Waals surface area contributed by atoms with E-state index < -0.39 is 0 Å². The van der Waals surface area contributed by atoms with Crippen LogP contribution in [-0.2, 0) is 0 Å². The van der Waals surface area contributed by atoms with Crippen LogP contribution in [0.1, 0.15) is 17.2 Å². The Morgan fingerprint density at radius 3 is 2.05 bits per heavy atom. The van der Waals surface area contributed by atoms with Crippen LogP contribution in [0.25, 0.3) is 11.1 Å². The molecule has 0 aliphatic heterocycles. The van der Waals surface area contributed by atoms with Gasteiger partial charge in [-0.25, -0.2) is 0 Å². The second-order valence-electron chi connectivity index (χ2n) is 4.64. The van der Waals surface area contributed by atoms with Crippen molar-refractivity contribution in [1.29, 1.82) is 0 Å².